The van der Waals surface area contributed by atoms with Gasteiger partial charge < -0.3 is 10.4 Å². The summed E-state index contributed by atoms with van der Waals surface area (Å²) in [6.07, 6.45) is 8.36. The van der Waals surface area contributed by atoms with Gasteiger partial charge >= 0.3 is 0 Å². The van der Waals surface area contributed by atoms with Crippen LogP contribution in [-0.4, -0.2) is 28.6 Å². The number of aromatic nitrogens is 1. The van der Waals surface area contributed by atoms with E-state index in [-0.39, 0.29) is 12.0 Å². The first-order valence-corrected chi connectivity index (χ1v) is 7.27. The molecule has 1 saturated carbocycles. The van der Waals surface area contributed by atoms with E-state index in [1.54, 1.807) is 24.4 Å². The standard InChI is InChI=1S/C15H19ClN2O2/c16-14-9-11(6-7-17-14)4-5-15(20)18-10-12-2-1-3-13(19)8-12/h4-7,9,12-13,19H,1-3,8,10H2,(H,18,20)/b5-4+. The molecular weight excluding hydrogens is 276 g/mol. The highest BCUT2D eigenvalue weighted by atomic mass is 35.5. The van der Waals surface area contributed by atoms with Crippen LogP contribution >= 0.6 is 11.6 Å². The number of pyridine rings is 1. The Morgan fingerprint density at radius 1 is 1.55 bits per heavy atom. The van der Waals surface area contributed by atoms with Gasteiger partial charge in [-0.2, -0.15) is 0 Å². The zero-order valence-corrected chi connectivity index (χ0v) is 12.0. The first-order chi connectivity index (χ1) is 9.63. The largest absolute Gasteiger partial charge is 0.393 e. The molecule has 0 radical (unpaired) electrons. The lowest BCUT2D eigenvalue weighted by atomic mass is 9.87. The van der Waals surface area contributed by atoms with Gasteiger partial charge in [-0.1, -0.05) is 18.0 Å². The number of carbonyl (C=O) groups is 1. The average molecular weight is 295 g/mol. The van der Waals surface area contributed by atoms with E-state index < -0.39 is 0 Å². The summed E-state index contributed by atoms with van der Waals surface area (Å²) in [6, 6.07) is 3.48. The maximum Gasteiger partial charge on any atom is 0.244 e. The topological polar surface area (TPSA) is 62.2 Å². The number of halogens is 1. The zero-order chi connectivity index (χ0) is 14.4. The van der Waals surface area contributed by atoms with Crippen LogP contribution in [0, 0.1) is 5.92 Å². The summed E-state index contributed by atoms with van der Waals surface area (Å²) >= 11 is 5.77. The van der Waals surface area contributed by atoms with E-state index in [9.17, 15) is 9.90 Å². The first kappa shape index (κ1) is 15.0. The van der Waals surface area contributed by atoms with Crippen molar-refractivity contribution >= 4 is 23.6 Å². The summed E-state index contributed by atoms with van der Waals surface area (Å²) in [5, 5.41) is 12.9. The minimum Gasteiger partial charge on any atom is -0.393 e. The Bertz CT molecular complexity index is 491. The third-order valence-electron chi connectivity index (χ3n) is 3.50. The third kappa shape index (κ3) is 4.94. The normalized spacial score (nSPS) is 22.9. The Kier molecular flexibility index (Phi) is 5.56. The van der Waals surface area contributed by atoms with Crippen molar-refractivity contribution in [2.75, 3.05) is 6.54 Å². The Hall–Kier alpha value is -1.39. The third-order valence-corrected chi connectivity index (χ3v) is 3.70. The Morgan fingerprint density at radius 2 is 2.40 bits per heavy atom. The van der Waals surface area contributed by atoms with Gasteiger partial charge in [0, 0.05) is 18.8 Å². The summed E-state index contributed by atoms with van der Waals surface area (Å²) < 4.78 is 0. The van der Waals surface area contributed by atoms with Crippen LogP contribution in [0.1, 0.15) is 31.2 Å². The second-order valence-corrected chi connectivity index (χ2v) is 5.56. The molecule has 2 N–H and O–H groups in total. The molecule has 1 aromatic heterocycles. The van der Waals surface area contributed by atoms with Gasteiger partial charge in [-0.3, -0.25) is 4.79 Å². The molecule has 108 valence electrons. The number of hydrogen-bond acceptors (Lipinski definition) is 3. The first-order valence-electron chi connectivity index (χ1n) is 6.89. The second-order valence-electron chi connectivity index (χ2n) is 5.18. The molecule has 2 rings (SSSR count). The molecule has 0 aliphatic heterocycles. The quantitative estimate of drug-likeness (QED) is 0.662. The Labute approximate surface area is 123 Å². The van der Waals surface area contributed by atoms with Crippen molar-refractivity contribution < 1.29 is 9.90 Å². The highest BCUT2D eigenvalue weighted by molar-refractivity contribution is 6.29. The lowest BCUT2D eigenvalue weighted by Gasteiger charge is -2.25. The summed E-state index contributed by atoms with van der Waals surface area (Å²) in [5.41, 5.74) is 0.841. The van der Waals surface area contributed by atoms with Crippen molar-refractivity contribution in [3.05, 3.63) is 35.1 Å². The SMILES string of the molecule is O=C(/C=C/c1ccnc(Cl)c1)NCC1CCCC(O)C1. The van der Waals surface area contributed by atoms with E-state index in [1.165, 1.54) is 6.08 Å². The molecule has 20 heavy (non-hydrogen) atoms. The second kappa shape index (κ2) is 7.41. The van der Waals surface area contributed by atoms with Gasteiger partial charge in [0.1, 0.15) is 5.15 Å². The van der Waals surface area contributed by atoms with Crippen molar-refractivity contribution in [2.45, 2.75) is 31.8 Å². The summed E-state index contributed by atoms with van der Waals surface area (Å²) in [7, 11) is 0. The molecule has 1 heterocycles. The molecule has 0 bridgehead atoms. The van der Waals surface area contributed by atoms with E-state index in [2.05, 4.69) is 10.3 Å². The fraction of sp³-hybridized carbons (Fsp3) is 0.467. The van der Waals surface area contributed by atoms with Crippen LogP contribution in [-0.2, 0) is 4.79 Å². The number of aliphatic hydroxyl groups excluding tert-OH is 1. The average Bonchev–Trinajstić information content (AvgIpc) is 2.43. The minimum atomic E-state index is -0.208. The number of hydrogen-bond donors (Lipinski definition) is 2. The van der Waals surface area contributed by atoms with Crippen molar-refractivity contribution in [3.8, 4) is 0 Å². The van der Waals surface area contributed by atoms with Crippen LogP contribution in [0.4, 0.5) is 0 Å². The molecule has 1 fully saturated rings. The number of amides is 1. The maximum absolute atomic E-state index is 11.7. The molecule has 2 unspecified atom stereocenters. The molecule has 0 spiro atoms. The molecule has 5 heteroatoms. The highest BCUT2D eigenvalue weighted by Crippen LogP contribution is 2.23. The van der Waals surface area contributed by atoms with Crippen LogP contribution in [0.5, 0.6) is 0 Å². The van der Waals surface area contributed by atoms with Gasteiger partial charge in [0.25, 0.3) is 0 Å². The van der Waals surface area contributed by atoms with E-state index >= 15 is 0 Å². The molecule has 0 saturated heterocycles. The summed E-state index contributed by atoms with van der Waals surface area (Å²) in [4.78, 5) is 15.6. The van der Waals surface area contributed by atoms with Gasteiger partial charge in [0.05, 0.1) is 6.10 Å². The molecule has 1 aliphatic rings. The molecule has 1 aromatic rings. The zero-order valence-electron chi connectivity index (χ0n) is 11.3. The lowest BCUT2D eigenvalue weighted by molar-refractivity contribution is -0.116. The van der Waals surface area contributed by atoms with Crippen LogP contribution in [0.15, 0.2) is 24.4 Å². The van der Waals surface area contributed by atoms with Crippen LogP contribution in [0.3, 0.4) is 0 Å². The smallest absolute Gasteiger partial charge is 0.244 e. The van der Waals surface area contributed by atoms with Gasteiger partial charge in [-0.15, -0.1) is 0 Å². The van der Waals surface area contributed by atoms with Crippen molar-refractivity contribution in [3.63, 3.8) is 0 Å². The number of aliphatic hydroxyl groups is 1. The van der Waals surface area contributed by atoms with Crippen LogP contribution < -0.4 is 5.32 Å². The van der Waals surface area contributed by atoms with E-state index in [0.717, 1.165) is 31.2 Å². The molecular formula is C15H19ClN2O2. The predicted molar refractivity (Wildman–Crippen MR) is 79.3 cm³/mol. The number of nitrogens with zero attached hydrogens (tertiary/aromatic N) is 1. The minimum absolute atomic E-state index is 0.127. The number of nitrogens with one attached hydrogen (secondary N) is 1. The molecule has 1 aliphatic carbocycles. The molecule has 2 atom stereocenters. The predicted octanol–water partition coefficient (Wildman–Crippen LogP) is 2.42. The molecule has 0 aromatic carbocycles. The van der Waals surface area contributed by atoms with Crippen molar-refractivity contribution in [1.82, 2.24) is 10.3 Å². The van der Waals surface area contributed by atoms with Crippen LogP contribution in [0.2, 0.25) is 5.15 Å². The number of carbonyl (C=O) groups excluding carboxylic acids is 1. The highest BCUT2D eigenvalue weighted by Gasteiger charge is 2.19. The van der Waals surface area contributed by atoms with Crippen LogP contribution in [0.25, 0.3) is 6.08 Å². The maximum atomic E-state index is 11.7. The fourth-order valence-electron chi connectivity index (χ4n) is 2.44. The van der Waals surface area contributed by atoms with Crippen molar-refractivity contribution in [1.29, 1.82) is 0 Å². The van der Waals surface area contributed by atoms with E-state index in [0.29, 0.717) is 17.6 Å². The Morgan fingerprint density at radius 3 is 3.15 bits per heavy atom. The summed E-state index contributed by atoms with van der Waals surface area (Å²) in [6.45, 7) is 0.622. The van der Waals surface area contributed by atoms with Gasteiger partial charge in [-0.25, -0.2) is 4.98 Å². The van der Waals surface area contributed by atoms with E-state index in [1.807, 2.05) is 0 Å². The van der Waals surface area contributed by atoms with Gasteiger partial charge in [0.15, 0.2) is 0 Å². The lowest BCUT2D eigenvalue weighted by Crippen LogP contribution is -2.32. The van der Waals surface area contributed by atoms with Gasteiger partial charge in [0.2, 0.25) is 5.91 Å². The van der Waals surface area contributed by atoms with Gasteiger partial charge in [-0.05, 0) is 49.0 Å². The monoisotopic (exact) mass is 294 g/mol. The fourth-order valence-corrected chi connectivity index (χ4v) is 2.63. The Balaban J connectivity index is 1.77. The molecule has 4 nitrogen and oxygen atoms in total. The number of rotatable bonds is 4. The molecule has 1 amide bonds. The van der Waals surface area contributed by atoms with Crippen molar-refractivity contribution in [2.24, 2.45) is 5.92 Å². The summed E-state index contributed by atoms with van der Waals surface area (Å²) in [5.74, 6) is 0.254. The van der Waals surface area contributed by atoms with E-state index in [4.69, 9.17) is 11.6 Å².